The molecule has 0 saturated carbocycles. The van der Waals surface area contributed by atoms with Crippen molar-refractivity contribution in [2.45, 2.75) is 12.2 Å². The van der Waals surface area contributed by atoms with Crippen LogP contribution in [-0.4, -0.2) is 6.18 Å². The lowest BCUT2D eigenvalue weighted by atomic mass is 10.1. The largest absolute Gasteiger partial charge is 0.407 e. The van der Waals surface area contributed by atoms with Crippen molar-refractivity contribution in [3.05, 3.63) is 35.4 Å². The van der Waals surface area contributed by atoms with Gasteiger partial charge >= 0.3 is 6.18 Å². The molecule has 0 aromatic heterocycles. The molecule has 1 unspecified atom stereocenters. The van der Waals surface area contributed by atoms with E-state index in [0.717, 1.165) is 18.2 Å². The smallest absolute Gasteiger partial charge is 0.316 e. The molecule has 1 atom stereocenters. The first kappa shape index (κ1) is 10.9. The van der Waals surface area contributed by atoms with E-state index in [9.17, 15) is 22.0 Å². The van der Waals surface area contributed by atoms with Crippen LogP contribution in [-0.2, 0) is 0 Å². The Morgan fingerprint density at radius 1 is 1.14 bits per heavy atom. The van der Waals surface area contributed by atoms with E-state index < -0.39 is 29.4 Å². The summed E-state index contributed by atoms with van der Waals surface area (Å²) < 4.78 is 61.5. The van der Waals surface area contributed by atoms with Crippen molar-refractivity contribution in [3.8, 4) is 0 Å². The highest BCUT2D eigenvalue weighted by atomic mass is 19.4. The summed E-state index contributed by atoms with van der Waals surface area (Å²) in [6.07, 6.45) is -4.78. The van der Waals surface area contributed by atoms with Gasteiger partial charge in [0.05, 0.1) is 0 Å². The number of halogens is 5. The monoisotopic (exact) mass is 211 g/mol. The molecule has 6 heteroatoms. The summed E-state index contributed by atoms with van der Waals surface area (Å²) in [5.74, 6) is -2.90. The lowest BCUT2D eigenvalue weighted by Crippen LogP contribution is -2.29. The molecular weight excluding hydrogens is 205 g/mol. The molecule has 0 aliphatic carbocycles. The number of hydrogen-bond acceptors (Lipinski definition) is 1. The summed E-state index contributed by atoms with van der Waals surface area (Å²) in [5.41, 5.74) is 3.82. The zero-order valence-corrected chi connectivity index (χ0v) is 6.78. The van der Waals surface area contributed by atoms with Gasteiger partial charge in [0, 0.05) is 5.56 Å². The lowest BCUT2D eigenvalue weighted by molar-refractivity contribution is -0.149. The van der Waals surface area contributed by atoms with Crippen LogP contribution < -0.4 is 5.73 Å². The molecule has 0 heterocycles. The third kappa shape index (κ3) is 2.01. The van der Waals surface area contributed by atoms with Gasteiger partial charge in [0.15, 0.2) is 11.6 Å². The van der Waals surface area contributed by atoms with E-state index in [1.807, 2.05) is 0 Å². The molecule has 14 heavy (non-hydrogen) atoms. The summed E-state index contributed by atoms with van der Waals surface area (Å²) in [7, 11) is 0. The maximum absolute atomic E-state index is 12.8. The topological polar surface area (TPSA) is 26.0 Å². The van der Waals surface area contributed by atoms with E-state index in [2.05, 4.69) is 0 Å². The molecule has 0 aliphatic heterocycles. The second-order valence-corrected chi connectivity index (χ2v) is 2.66. The van der Waals surface area contributed by atoms with Gasteiger partial charge in [0.2, 0.25) is 0 Å². The maximum atomic E-state index is 12.8. The SMILES string of the molecule is NC(c1cccc(F)c1F)C(F)(F)F. The normalized spacial score (nSPS) is 14.1. The van der Waals surface area contributed by atoms with E-state index in [-0.39, 0.29) is 0 Å². The zero-order chi connectivity index (χ0) is 10.9. The lowest BCUT2D eigenvalue weighted by Gasteiger charge is -2.16. The van der Waals surface area contributed by atoms with Crippen LogP contribution in [0.25, 0.3) is 0 Å². The summed E-state index contributed by atoms with van der Waals surface area (Å²) in [6.45, 7) is 0. The molecule has 0 fully saturated rings. The van der Waals surface area contributed by atoms with Gasteiger partial charge in [-0.05, 0) is 6.07 Å². The minimum absolute atomic E-state index is 0.724. The van der Waals surface area contributed by atoms with Crippen molar-refractivity contribution in [3.63, 3.8) is 0 Å². The van der Waals surface area contributed by atoms with Crippen LogP contribution in [0.1, 0.15) is 11.6 Å². The number of hydrogen-bond donors (Lipinski definition) is 1. The van der Waals surface area contributed by atoms with E-state index in [0.29, 0.717) is 0 Å². The molecule has 0 saturated heterocycles. The number of benzene rings is 1. The highest BCUT2D eigenvalue weighted by Gasteiger charge is 2.39. The van der Waals surface area contributed by atoms with Crippen LogP contribution in [0.3, 0.4) is 0 Å². The van der Waals surface area contributed by atoms with Crippen LogP contribution in [0.2, 0.25) is 0 Å². The Balaban J connectivity index is 3.14. The third-order valence-corrected chi connectivity index (χ3v) is 1.67. The number of nitrogens with two attached hydrogens (primary N) is 1. The Bertz CT molecular complexity index is 333. The molecule has 2 N–H and O–H groups in total. The first-order valence-corrected chi connectivity index (χ1v) is 3.60. The van der Waals surface area contributed by atoms with Crippen LogP contribution in [0.15, 0.2) is 18.2 Å². The molecule has 78 valence electrons. The standard InChI is InChI=1S/C8H6F5N/c9-5-3-1-2-4(6(5)10)7(14)8(11,12)13/h1-3,7H,14H2. The second-order valence-electron chi connectivity index (χ2n) is 2.66. The molecule has 1 rings (SSSR count). The first-order valence-electron chi connectivity index (χ1n) is 3.60. The minimum atomic E-state index is -4.78. The van der Waals surface area contributed by atoms with Crippen molar-refractivity contribution < 1.29 is 22.0 Å². The summed E-state index contributed by atoms with van der Waals surface area (Å²) in [6, 6.07) is -0.00381. The number of rotatable bonds is 1. The highest BCUT2D eigenvalue weighted by molar-refractivity contribution is 5.23. The van der Waals surface area contributed by atoms with Gasteiger partial charge in [0.1, 0.15) is 6.04 Å². The predicted octanol–water partition coefficient (Wildman–Crippen LogP) is 2.53. The Hall–Kier alpha value is -1.17. The molecule has 1 nitrogen and oxygen atoms in total. The maximum Gasteiger partial charge on any atom is 0.407 e. The average molecular weight is 211 g/mol. The Kier molecular flexibility index (Phi) is 2.75. The van der Waals surface area contributed by atoms with Crippen LogP contribution in [0.5, 0.6) is 0 Å². The van der Waals surface area contributed by atoms with Crippen molar-refractivity contribution in [2.75, 3.05) is 0 Å². The molecule has 0 spiro atoms. The summed E-state index contributed by atoms with van der Waals surface area (Å²) >= 11 is 0. The molecule has 0 radical (unpaired) electrons. The Morgan fingerprint density at radius 2 is 1.71 bits per heavy atom. The van der Waals surface area contributed by atoms with E-state index in [1.54, 1.807) is 0 Å². The highest BCUT2D eigenvalue weighted by Crippen LogP contribution is 2.32. The van der Waals surface area contributed by atoms with E-state index in [4.69, 9.17) is 5.73 Å². The zero-order valence-electron chi connectivity index (χ0n) is 6.78. The van der Waals surface area contributed by atoms with Crippen molar-refractivity contribution >= 4 is 0 Å². The van der Waals surface area contributed by atoms with Crippen molar-refractivity contribution in [1.82, 2.24) is 0 Å². The average Bonchev–Trinajstić information content (AvgIpc) is 2.07. The molecule has 0 aliphatic rings. The predicted molar refractivity (Wildman–Crippen MR) is 39.3 cm³/mol. The molecule has 0 amide bonds. The minimum Gasteiger partial charge on any atom is -0.316 e. The molecule has 1 aromatic rings. The van der Waals surface area contributed by atoms with Gasteiger partial charge in [0.25, 0.3) is 0 Å². The van der Waals surface area contributed by atoms with Crippen LogP contribution >= 0.6 is 0 Å². The fourth-order valence-corrected chi connectivity index (χ4v) is 0.937. The quantitative estimate of drug-likeness (QED) is 0.709. The summed E-state index contributed by atoms with van der Waals surface area (Å²) in [4.78, 5) is 0. The first-order chi connectivity index (χ1) is 6.34. The number of alkyl halides is 3. The molecule has 1 aromatic carbocycles. The van der Waals surface area contributed by atoms with Gasteiger partial charge in [-0.1, -0.05) is 12.1 Å². The third-order valence-electron chi connectivity index (χ3n) is 1.67. The van der Waals surface area contributed by atoms with Crippen molar-refractivity contribution in [2.24, 2.45) is 5.73 Å². The van der Waals surface area contributed by atoms with Crippen molar-refractivity contribution in [1.29, 1.82) is 0 Å². The van der Waals surface area contributed by atoms with Gasteiger partial charge < -0.3 is 5.73 Å². The van der Waals surface area contributed by atoms with E-state index in [1.165, 1.54) is 0 Å². The Morgan fingerprint density at radius 3 is 2.21 bits per heavy atom. The molecular formula is C8H6F5N. The van der Waals surface area contributed by atoms with Crippen LogP contribution in [0, 0.1) is 11.6 Å². The summed E-state index contributed by atoms with van der Waals surface area (Å²) in [5, 5.41) is 0. The van der Waals surface area contributed by atoms with Gasteiger partial charge in [-0.3, -0.25) is 0 Å². The Labute approximate surface area is 76.3 Å². The van der Waals surface area contributed by atoms with Crippen LogP contribution in [0.4, 0.5) is 22.0 Å². The fraction of sp³-hybridized carbons (Fsp3) is 0.250. The van der Waals surface area contributed by atoms with Gasteiger partial charge in [-0.2, -0.15) is 13.2 Å². The van der Waals surface area contributed by atoms with Gasteiger partial charge in [-0.25, -0.2) is 8.78 Å². The van der Waals surface area contributed by atoms with Gasteiger partial charge in [-0.15, -0.1) is 0 Å². The fourth-order valence-electron chi connectivity index (χ4n) is 0.937. The molecule has 0 bridgehead atoms. The van der Waals surface area contributed by atoms with E-state index >= 15 is 0 Å². The second kappa shape index (κ2) is 3.53.